The minimum Gasteiger partial charge on any atom is -0.376 e. The SMILES string of the molecule is CN1Cc2cc(C(N)C3CCCO3)ccc2NC1=O. The minimum atomic E-state index is -0.0873. The van der Waals surface area contributed by atoms with Gasteiger partial charge in [-0.3, -0.25) is 0 Å². The third-order valence-corrected chi connectivity index (χ3v) is 3.88. The Morgan fingerprint density at radius 1 is 1.53 bits per heavy atom. The van der Waals surface area contributed by atoms with E-state index in [4.69, 9.17) is 10.5 Å². The topological polar surface area (TPSA) is 67.6 Å². The van der Waals surface area contributed by atoms with Crippen molar-refractivity contribution in [2.45, 2.75) is 31.5 Å². The highest BCUT2D eigenvalue weighted by Gasteiger charge is 2.26. The first kappa shape index (κ1) is 12.4. The number of benzene rings is 1. The predicted molar refractivity (Wildman–Crippen MR) is 72.8 cm³/mol. The second kappa shape index (κ2) is 4.83. The van der Waals surface area contributed by atoms with Gasteiger partial charge in [0.25, 0.3) is 0 Å². The van der Waals surface area contributed by atoms with E-state index in [1.54, 1.807) is 11.9 Å². The van der Waals surface area contributed by atoms with Crippen LogP contribution in [-0.4, -0.2) is 30.7 Å². The smallest absolute Gasteiger partial charge is 0.321 e. The number of nitrogens with one attached hydrogen (secondary N) is 1. The van der Waals surface area contributed by atoms with Crippen LogP contribution in [0.2, 0.25) is 0 Å². The normalized spacial score (nSPS) is 24.0. The third kappa shape index (κ3) is 2.31. The average Bonchev–Trinajstić information content (AvgIpc) is 2.93. The molecule has 5 heteroatoms. The highest BCUT2D eigenvalue weighted by atomic mass is 16.5. The van der Waals surface area contributed by atoms with Crippen molar-refractivity contribution in [3.05, 3.63) is 29.3 Å². The summed E-state index contributed by atoms with van der Waals surface area (Å²) in [5.41, 5.74) is 9.33. The molecule has 1 fully saturated rings. The van der Waals surface area contributed by atoms with Crippen LogP contribution in [0.5, 0.6) is 0 Å². The molecule has 0 aromatic heterocycles. The van der Waals surface area contributed by atoms with E-state index in [1.807, 2.05) is 12.1 Å². The molecular formula is C14H19N3O2. The molecule has 19 heavy (non-hydrogen) atoms. The van der Waals surface area contributed by atoms with Crippen LogP contribution in [-0.2, 0) is 11.3 Å². The number of hydrogen-bond donors (Lipinski definition) is 2. The van der Waals surface area contributed by atoms with Gasteiger partial charge >= 0.3 is 6.03 Å². The largest absolute Gasteiger partial charge is 0.376 e. The maximum Gasteiger partial charge on any atom is 0.321 e. The number of carbonyl (C=O) groups is 1. The van der Waals surface area contributed by atoms with E-state index >= 15 is 0 Å². The molecule has 2 atom stereocenters. The quantitative estimate of drug-likeness (QED) is 0.853. The molecule has 5 nitrogen and oxygen atoms in total. The first-order valence-corrected chi connectivity index (χ1v) is 6.67. The predicted octanol–water partition coefficient (Wildman–Crippen LogP) is 1.84. The van der Waals surface area contributed by atoms with Gasteiger partial charge in [0.05, 0.1) is 12.1 Å². The Kier molecular flexibility index (Phi) is 3.16. The molecule has 2 aliphatic heterocycles. The van der Waals surface area contributed by atoms with E-state index in [2.05, 4.69) is 11.4 Å². The molecule has 0 bridgehead atoms. The zero-order chi connectivity index (χ0) is 13.4. The molecule has 2 heterocycles. The van der Waals surface area contributed by atoms with E-state index in [-0.39, 0.29) is 18.2 Å². The van der Waals surface area contributed by atoms with Gasteiger partial charge in [-0.15, -0.1) is 0 Å². The van der Waals surface area contributed by atoms with Gasteiger partial charge in [-0.05, 0) is 30.0 Å². The second-order valence-corrected chi connectivity index (χ2v) is 5.28. The Labute approximate surface area is 112 Å². The molecule has 3 N–H and O–H groups in total. The van der Waals surface area contributed by atoms with Crippen molar-refractivity contribution in [2.75, 3.05) is 19.0 Å². The second-order valence-electron chi connectivity index (χ2n) is 5.28. The molecule has 2 amide bonds. The van der Waals surface area contributed by atoms with Crippen molar-refractivity contribution in [1.29, 1.82) is 0 Å². The monoisotopic (exact) mass is 261 g/mol. The average molecular weight is 261 g/mol. The van der Waals surface area contributed by atoms with Gasteiger partial charge in [0, 0.05) is 25.9 Å². The van der Waals surface area contributed by atoms with Crippen LogP contribution >= 0.6 is 0 Å². The lowest BCUT2D eigenvalue weighted by Gasteiger charge is -2.27. The van der Waals surface area contributed by atoms with E-state index < -0.39 is 0 Å². The number of hydrogen-bond acceptors (Lipinski definition) is 3. The fourth-order valence-electron chi connectivity index (χ4n) is 2.71. The Morgan fingerprint density at radius 3 is 3.11 bits per heavy atom. The number of rotatable bonds is 2. The first-order valence-electron chi connectivity index (χ1n) is 6.67. The molecule has 1 saturated heterocycles. The van der Waals surface area contributed by atoms with Crippen LogP contribution in [0.15, 0.2) is 18.2 Å². The van der Waals surface area contributed by atoms with Crippen molar-refractivity contribution in [1.82, 2.24) is 4.90 Å². The molecule has 0 aliphatic carbocycles. The van der Waals surface area contributed by atoms with Crippen molar-refractivity contribution in [2.24, 2.45) is 5.73 Å². The fourth-order valence-corrected chi connectivity index (χ4v) is 2.71. The number of carbonyl (C=O) groups excluding carboxylic acids is 1. The number of amides is 2. The molecule has 1 aromatic carbocycles. The Bertz CT molecular complexity index is 497. The lowest BCUT2D eigenvalue weighted by molar-refractivity contribution is 0.0900. The summed E-state index contributed by atoms with van der Waals surface area (Å²) in [5.74, 6) is 0. The van der Waals surface area contributed by atoms with E-state index in [0.717, 1.165) is 36.3 Å². The van der Waals surface area contributed by atoms with Crippen molar-refractivity contribution in [3.8, 4) is 0 Å². The number of urea groups is 1. The van der Waals surface area contributed by atoms with Gasteiger partial charge in [0.15, 0.2) is 0 Å². The number of nitrogens with two attached hydrogens (primary N) is 1. The first-order chi connectivity index (χ1) is 9.15. The minimum absolute atomic E-state index is 0.0660. The maximum absolute atomic E-state index is 11.6. The van der Waals surface area contributed by atoms with Gasteiger partial charge < -0.3 is 20.7 Å². The van der Waals surface area contributed by atoms with Crippen LogP contribution in [0.3, 0.4) is 0 Å². The molecule has 0 radical (unpaired) electrons. The Morgan fingerprint density at radius 2 is 2.37 bits per heavy atom. The van der Waals surface area contributed by atoms with Crippen molar-refractivity contribution >= 4 is 11.7 Å². The number of ether oxygens (including phenoxy) is 1. The van der Waals surface area contributed by atoms with Gasteiger partial charge in [0.2, 0.25) is 0 Å². The van der Waals surface area contributed by atoms with Gasteiger partial charge in [-0.2, -0.15) is 0 Å². The van der Waals surface area contributed by atoms with Crippen molar-refractivity contribution in [3.63, 3.8) is 0 Å². The van der Waals surface area contributed by atoms with Crippen LogP contribution in [0.1, 0.15) is 30.0 Å². The molecule has 2 unspecified atom stereocenters. The van der Waals surface area contributed by atoms with Crippen LogP contribution in [0.4, 0.5) is 10.5 Å². The summed E-state index contributed by atoms with van der Waals surface area (Å²) in [6.07, 6.45) is 2.23. The molecule has 102 valence electrons. The summed E-state index contributed by atoms with van der Waals surface area (Å²) in [7, 11) is 1.78. The van der Waals surface area contributed by atoms with Crippen LogP contribution in [0.25, 0.3) is 0 Å². The van der Waals surface area contributed by atoms with E-state index in [1.165, 1.54) is 0 Å². The van der Waals surface area contributed by atoms with Gasteiger partial charge in [-0.1, -0.05) is 12.1 Å². The summed E-state index contributed by atoms with van der Waals surface area (Å²) in [4.78, 5) is 13.2. The lowest BCUT2D eigenvalue weighted by Crippen LogP contribution is -2.35. The number of anilines is 1. The fraction of sp³-hybridized carbons (Fsp3) is 0.500. The van der Waals surface area contributed by atoms with Crippen LogP contribution < -0.4 is 11.1 Å². The third-order valence-electron chi connectivity index (χ3n) is 3.88. The van der Waals surface area contributed by atoms with E-state index in [9.17, 15) is 4.79 Å². The van der Waals surface area contributed by atoms with E-state index in [0.29, 0.717) is 6.54 Å². The standard InChI is InChI=1S/C14H19N3O2/c1-17-8-10-7-9(4-5-11(10)16-14(17)18)13(15)12-3-2-6-19-12/h4-5,7,12-13H,2-3,6,8,15H2,1H3,(H,16,18). The Hall–Kier alpha value is -1.59. The zero-order valence-electron chi connectivity index (χ0n) is 11.1. The molecule has 2 aliphatic rings. The summed E-state index contributed by atoms with van der Waals surface area (Å²) >= 11 is 0. The van der Waals surface area contributed by atoms with Gasteiger partial charge in [0.1, 0.15) is 0 Å². The molecular weight excluding hydrogens is 242 g/mol. The lowest BCUT2D eigenvalue weighted by atomic mass is 9.97. The van der Waals surface area contributed by atoms with Gasteiger partial charge in [-0.25, -0.2) is 4.79 Å². The summed E-state index contributed by atoms with van der Waals surface area (Å²) < 4.78 is 5.65. The highest BCUT2D eigenvalue weighted by molar-refractivity contribution is 5.92. The molecule has 3 rings (SSSR count). The zero-order valence-corrected chi connectivity index (χ0v) is 11.1. The molecule has 1 aromatic rings. The Balaban J connectivity index is 1.84. The molecule has 0 spiro atoms. The summed E-state index contributed by atoms with van der Waals surface area (Å²) in [6, 6.07) is 5.85. The van der Waals surface area contributed by atoms with Crippen LogP contribution in [0, 0.1) is 0 Å². The van der Waals surface area contributed by atoms with Crippen molar-refractivity contribution < 1.29 is 9.53 Å². The summed E-state index contributed by atoms with van der Waals surface area (Å²) in [5, 5.41) is 2.86. The summed E-state index contributed by atoms with van der Waals surface area (Å²) in [6.45, 7) is 1.43. The maximum atomic E-state index is 11.6. The number of nitrogens with zero attached hydrogens (tertiary/aromatic N) is 1. The highest BCUT2D eigenvalue weighted by Crippen LogP contribution is 2.29. The molecule has 0 saturated carbocycles. The number of fused-ring (bicyclic) bond motifs is 1.